The van der Waals surface area contributed by atoms with Crippen LogP contribution in [0.3, 0.4) is 0 Å². The molecular formula is C10H14O. The molecule has 0 bridgehead atoms. The Morgan fingerprint density at radius 2 is 2.18 bits per heavy atom. The Labute approximate surface area is 67.4 Å². The molecule has 4 unspecified atom stereocenters. The van der Waals surface area contributed by atoms with E-state index in [9.17, 15) is 5.11 Å². The molecule has 4 atom stereocenters. The molecule has 2 rings (SSSR count). The zero-order chi connectivity index (χ0) is 7.84. The van der Waals surface area contributed by atoms with Gasteiger partial charge in [-0.05, 0) is 24.7 Å². The smallest absolute Gasteiger partial charge is 0.0760 e. The van der Waals surface area contributed by atoms with Crippen LogP contribution in [0.4, 0.5) is 0 Å². The van der Waals surface area contributed by atoms with Crippen LogP contribution >= 0.6 is 0 Å². The Morgan fingerprint density at radius 1 is 1.36 bits per heavy atom. The number of hydrogen-bond acceptors (Lipinski definition) is 1. The normalized spacial score (nSPS) is 47.7. The molecular weight excluding hydrogens is 136 g/mol. The third-order valence-corrected chi connectivity index (χ3v) is 3.07. The SMILES string of the molecule is C=CC1CCC2C=CC(O)C12. The molecule has 1 nitrogen and oxygen atoms in total. The second-order valence-corrected chi connectivity index (χ2v) is 3.59. The highest BCUT2D eigenvalue weighted by molar-refractivity contribution is 5.14. The van der Waals surface area contributed by atoms with Gasteiger partial charge in [0.25, 0.3) is 0 Å². The monoisotopic (exact) mass is 150 g/mol. The lowest BCUT2D eigenvalue weighted by Gasteiger charge is -2.18. The van der Waals surface area contributed by atoms with Crippen molar-refractivity contribution in [2.45, 2.75) is 18.9 Å². The zero-order valence-corrected chi connectivity index (χ0v) is 6.61. The van der Waals surface area contributed by atoms with Crippen molar-refractivity contribution in [2.75, 3.05) is 0 Å². The molecule has 2 aliphatic rings. The third kappa shape index (κ3) is 0.951. The van der Waals surface area contributed by atoms with Crippen LogP contribution in [0.1, 0.15) is 12.8 Å². The van der Waals surface area contributed by atoms with E-state index in [0.29, 0.717) is 17.8 Å². The highest BCUT2D eigenvalue weighted by Gasteiger charge is 2.39. The standard InChI is InChI=1S/C10H14O/c1-2-7-3-4-8-5-6-9(11)10(7)8/h2,5-11H,1,3-4H2. The maximum absolute atomic E-state index is 9.57. The van der Waals surface area contributed by atoms with Crippen LogP contribution in [0.5, 0.6) is 0 Å². The summed E-state index contributed by atoms with van der Waals surface area (Å²) in [6, 6.07) is 0. The summed E-state index contributed by atoms with van der Waals surface area (Å²) in [6.45, 7) is 3.80. The molecule has 60 valence electrons. The molecule has 0 heterocycles. The Bertz CT molecular complexity index is 195. The summed E-state index contributed by atoms with van der Waals surface area (Å²) in [5.74, 6) is 1.63. The molecule has 1 saturated carbocycles. The van der Waals surface area contributed by atoms with Crippen molar-refractivity contribution in [2.24, 2.45) is 17.8 Å². The quantitative estimate of drug-likeness (QED) is 0.564. The molecule has 0 aromatic carbocycles. The van der Waals surface area contributed by atoms with Crippen LogP contribution in [0.25, 0.3) is 0 Å². The van der Waals surface area contributed by atoms with Crippen molar-refractivity contribution < 1.29 is 5.11 Å². The molecule has 2 aliphatic carbocycles. The molecule has 1 fully saturated rings. The van der Waals surface area contributed by atoms with Crippen LogP contribution in [0.2, 0.25) is 0 Å². The van der Waals surface area contributed by atoms with Gasteiger partial charge in [0, 0.05) is 5.92 Å². The highest BCUT2D eigenvalue weighted by Crippen LogP contribution is 2.44. The van der Waals surface area contributed by atoms with E-state index < -0.39 is 0 Å². The topological polar surface area (TPSA) is 20.2 Å². The molecule has 11 heavy (non-hydrogen) atoms. The van der Waals surface area contributed by atoms with Gasteiger partial charge in [0.1, 0.15) is 0 Å². The largest absolute Gasteiger partial charge is 0.389 e. The lowest BCUT2D eigenvalue weighted by molar-refractivity contribution is 0.137. The number of allylic oxidation sites excluding steroid dienone is 2. The summed E-state index contributed by atoms with van der Waals surface area (Å²) in [5, 5.41) is 9.57. The van der Waals surface area contributed by atoms with E-state index in [-0.39, 0.29) is 6.10 Å². The van der Waals surface area contributed by atoms with Crippen LogP contribution in [0, 0.1) is 17.8 Å². The number of aliphatic hydroxyl groups excluding tert-OH is 1. The van der Waals surface area contributed by atoms with Gasteiger partial charge in [-0.3, -0.25) is 0 Å². The summed E-state index contributed by atoms with van der Waals surface area (Å²) in [5.41, 5.74) is 0. The van der Waals surface area contributed by atoms with Gasteiger partial charge in [0.05, 0.1) is 6.10 Å². The molecule has 0 saturated heterocycles. The minimum absolute atomic E-state index is 0.203. The van der Waals surface area contributed by atoms with Gasteiger partial charge in [-0.15, -0.1) is 6.58 Å². The fourth-order valence-corrected chi connectivity index (χ4v) is 2.48. The average Bonchev–Trinajstić information content (AvgIpc) is 2.54. The summed E-state index contributed by atoms with van der Waals surface area (Å²) in [4.78, 5) is 0. The summed E-state index contributed by atoms with van der Waals surface area (Å²) < 4.78 is 0. The first-order valence-electron chi connectivity index (χ1n) is 4.32. The lowest BCUT2D eigenvalue weighted by Crippen LogP contribution is -2.20. The third-order valence-electron chi connectivity index (χ3n) is 3.07. The first-order valence-corrected chi connectivity index (χ1v) is 4.32. The van der Waals surface area contributed by atoms with Crippen molar-refractivity contribution >= 4 is 0 Å². The number of hydrogen-bond donors (Lipinski definition) is 1. The minimum Gasteiger partial charge on any atom is -0.389 e. The van der Waals surface area contributed by atoms with Crippen molar-refractivity contribution in [1.29, 1.82) is 0 Å². The molecule has 0 aromatic heterocycles. The van der Waals surface area contributed by atoms with E-state index >= 15 is 0 Å². The average molecular weight is 150 g/mol. The van der Waals surface area contributed by atoms with Gasteiger partial charge < -0.3 is 5.11 Å². The first-order chi connectivity index (χ1) is 5.33. The van der Waals surface area contributed by atoms with E-state index in [1.807, 2.05) is 12.2 Å². The summed E-state index contributed by atoms with van der Waals surface area (Å²) in [6.07, 6.45) is 8.34. The van der Waals surface area contributed by atoms with Gasteiger partial charge in [-0.1, -0.05) is 18.2 Å². The van der Waals surface area contributed by atoms with Gasteiger partial charge in [-0.25, -0.2) is 0 Å². The predicted octanol–water partition coefficient (Wildman–Crippen LogP) is 1.75. The number of aliphatic hydroxyl groups is 1. The molecule has 1 heteroatoms. The predicted molar refractivity (Wildman–Crippen MR) is 45.0 cm³/mol. The summed E-state index contributed by atoms with van der Waals surface area (Å²) in [7, 11) is 0. The van der Waals surface area contributed by atoms with E-state index in [0.717, 1.165) is 0 Å². The summed E-state index contributed by atoms with van der Waals surface area (Å²) >= 11 is 0. The van der Waals surface area contributed by atoms with E-state index in [1.165, 1.54) is 12.8 Å². The van der Waals surface area contributed by atoms with Crippen molar-refractivity contribution in [3.63, 3.8) is 0 Å². The van der Waals surface area contributed by atoms with Crippen LogP contribution in [-0.4, -0.2) is 11.2 Å². The minimum atomic E-state index is -0.203. The van der Waals surface area contributed by atoms with Gasteiger partial charge >= 0.3 is 0 Å². The van der Waals surface area contributed by atoms with Gasteiger partial charge in [0.15, 0.2) is 0 Å². The van der Waals surface area contributed by atoms with Gasteiger partial charge in [0.2, 0.25) is 0 Å². The molecule has 0 aliphatic heterocycles. The van der Waals surface area contributed by atoms with Crippen LogP contribution in [-0.2, 0) is 0 Å². The van der Waals surface area contributed by atoms with Crippen molar-refractivity contribution in [1.82, 2.24) is 0 Å². The van der Waals surface area contributed by atoms with Gasteiger partial charge in [-0.2, -0.15) is 0 Å². The van der Waals surface area contributed by atoms with E-state index in [4.69, 9.17) is 0 Å². The molecule has 0 radical (unpaired) electrons. The second-order valence-electron chi connectivity index (χ2n) is 3.59. The van der Waals surface area contributed by atoms with Crippen molar-refractivity contribution in [3.05, 3.63) is 24.8 Å². The van der Waals surface area contributed by atoms with E-state index in [1.54, 1.807) is 0 Å². The maximum atomic E-state index is 9.57. The fraction of sp³-hybridized carbons (Fsp3) is 0.600. The molecule has 0 aromatic rings. The lowest BCUT2D eigenvalue weighted by atomic mass is 9.90. The molecule has 0 amide bonds. The van der Waals surface area contributed by atoms with Crippen LogP contribution < -0.4 is 0 Å². The number of rotatable bonds is 1. The Balaban J connectivity index is 2.17. The fourth-order valence-electron chi connectivity index (χ4n) is 2.48. The Hall–Kier alpha value is -0.560. The van der Waals surface area contributed by atoms with E-state index in [2.05, 4.69) is 12.7 Å². The Morgan fingerprint density at radius 3 is 2.91 bits per heavy atom. The zero-order valence-electron chi connectivity index (χ0n) is 6.61. The molecule has 0 spiro atoms. The first kappa shape index (κ1) is 7.11. The van der Waals surface area contributed by atoms with Crippen LogP contribution in [0.15, 0.2) is 24.8 Å². The second kappa shape index (κ2) is 2.49. The molecule has 1 N–H and O–H groups in total. The maximum Gasteiger partial charge on any atom is 0.0760 e. The van der Waals surface area contributed by atoms with Crippen molar-refractivity contribution in [3.8, 4) is 0 Å². The Kier molecular flexibility index (Phi) is 1.61. The highest BCUT2D eigenvalue weighted by atomic mass is 16.3. The number of fused-ring (bicyclic) bond motifs is 1.